The van der Waals surface area contributed by atoms with E-state index in [4.69, 9.17) is 14.0 Å². The van der Waals surface area contributed by atoms with Crippen LogP contribution in [0.3, 0.4) is 0 Å². The summed E-state index contributed by atoms with van der Waals surface area (Å²) < 4.78 is 30.4. The zero-order valence-corrected chi connectivity index (χ0v) is 19.6. The molecule has 2 rings (SSSR count). The van der Waals surface area contributed by atoms with E-state index in [-0.39, 0.29) is 24.3 Å². The molecule has 0 spiro atoms. The van der Waals surface area contributed by atoms with Gasteiger partial charge < -0.3 is 14.0 Å². The number of methoxy groups -OCH3 is 1. The first kappa shape index (κ1) is 23.9. The molecule has 6 nitrogen and oxygen atoms in total. The highest BCUT2D eigenvalue weighted by Gasteiger charge is 2.35. The van der Waals surface area contributed by atoms with Crippen molar-refractivity contribution in [1.29, 1.82) is 0 Å². The van der Waals surface area contributed by atoms with E-state index in [9.17, 15) is 9.36 Å². The van der Waals surface area contributed by atoms with E-state index >= 15 is 0 Å². The fourth-order valence-electron chi connectivity index (χ4n) is 3.29. The molecule has 2 unspecified atom stereocenters. The van der Waals surface area contributed by atoms with Crippen LogP contribution >= 0.6 is 7.52 Å². The molecule has 0 bridgehead atoms. The van der Waals surface area contributed by atoms with E-state index in [2.05, 4.69) is 32.8 Å². The number of rotatable bonds is 11. The Morgan fingerprint density at radius 3 is 2.10 bits per heavy atom. The molecule has 29 heavy (non-hydrogen) atoms. The molecule has 1 saturated carbocycles. The molecule has 1 aromatic carbocycles. The van der Waals surface area contributed by atoms with E-state index < -0.39 is 19.5 Å². The van der Waals surface area contributed by atoms with Crippen molar-refractivity contribution in [3.63, 3.8) is 0 Å². The molecule has 0 aliphatic heterocycles. The molecular formula is C22H36NO5P. The summed E-state index contributed by atoms with van der Waals surface area (Å²) in [6.07, 6.45) is 1.91. The Morgan fingerprint density at radius 1 is 1.10 bits per heavy atom. The third-order valence-electron chi connectivity index (χ3n) is 5.19. The van der Waals surface area contributed by atoms with Gasteiger partial charge in [-0.3, -0.25) is 9.36 Å². The third-order valence-corrected chi connectivity index (χ3v) is 7.05. The van der Waals surface area contributed by atoms with E-state index in [1.807, 2.05) is 25.1 Å². The largest absolute Gasteiger partial charge is 0.461 e. The minimum atomic E-state index is -3.51. The van der Waals surface area contributed by atoms with Gasteiger partial charge in [-0.05, 0) is 55.6 Å². The quantitative estimate of drug-likeness (QED) is 0.376. The number of para-hydroxylation sites is 1. The summed E-state index contributed by atoms with van der Waals surface area (Å²) in [7, 11) is -2.04. The van der Waals surface area contributed by atoms with E-state index in [0.717, 1.165) is 24.0 Å². The zero-order valence-electron chi connectivity index (χ0n) is 18.7. The van der Waals surface area contributed by atoms with Crippen LogP contribution in [0.2, 0.25) is 0 Å². The molecule has 1 aliphatic rings. The van der Waals surface area contributed by atoms with E-state index in [0.29, 0.717) is 11.7 Å². The number of ether oxygens (including phenoxy) is 2. The van der Waals surface area contributed by atoms with Crippen LogP contribution in [0.1, 0.15) is 77.3 Å². The van der Waals surface area contributed by atoms with Crippen LogP contribution in [0.25, 0.3) is 0 Å². The number of benzene rings is 1. The predicted molar refractivity (Wildman–Crippen MR) is 116 cm³/mol. The standard InChI is InChI=1S/C22H36NO5P/c1-14(2)19-9-8-10-20(15(3)4)21(19)28-29(25,13-26-7)23-16(5)22(24)27-17(6)18-11-12-18/h8-10,14-18H,11-13H2,1-7H3,(H,23,25)/t16-,17?,29?/m0/s1. The number of hydrogen-bond donors (Lipinski definition) is 1. The first-order chi connectivity index (χ1) is 13.6. The molecule has 164 valence electrons. The first-order valence-corrected chi connectivity index (χ1v) is 12.3. The molecule has 0 heterocycles. The van der Waals surface area contributed by atoms with Gasteiger partial charge in [0.05, 0.1) is 0 Å². The fourth-order valence-corrected chi connectivity index (χ4v) is 5.01. The van der Waals surface area contributed by atoms with Crippen LogP contribution in [-0.4, -0.2) is 31.6 Å². The second kappa shape index (κ2) is 10.1. The highest BCUT2D eigenvalue weighted by atomic mass is 31.2. The average molecular weight is 426 g/mol. The summed E-state index contributed by atoms with van der Waals surface area (Å²) >= 11 is 0. The Kier molecular flexibility index (Phi) is 8.33. The smallest absolute Gasteiger partial charge is 0.342 e. The molecule has 1 N–H and O–H groups in total. The summed E-state index contributed by atoms with van der Waals surface area (Å²) in [6.45, 7) is 11.8. The minimum Gasteiger partial charge on any atom is -0.461 e. The Balaban J connectivity index is 2.23. The van der Waals surface area contributed by atoms with Crippen molar-refractivity contribution in [2.75, 3.05) is 13.5 Å². The molecule has 0 saturated heterocycles. The van der Waals surface area contributed by atoms with Gasteiger partial charge in [0.25, 0.3) is 0 Å². The minimum absolute atomic E-state index is 0.122. The molecule has 0 aromatic heterocycles. The Bertz CT molecular complexity index is 718. The van der Waals surface area contributed by atoms with E-state index in [1.54, 1.807) is 6.92 Å². The number of esters is 1. The van der Waals surface area contributed by atoms with Gasteiger partial charge in [0.15, 0.2) is 0 Å². The summed E-state index contributed by atoms with van der Waals surface area (Å²) in [5, 5.41) is 2.87. The van der Waals surface area contributed by atoms with Crippen molar-refractivity contribution in [3.8, 4) is 5.75 Å². The third kappa shape index (κ3) is 6.56. The van der Waals surface area contributed by atoms with Crippen LogP contribution in [-0.2, 0) is 18.8 Å². The van der Waals surface area contributed by atoms with Crippen molar-refractivity contribution in [1.82, 2.24) is 5.09 Å². The van der Waals surface area contributed by atoms with Gasteiger partial charge in [0, 0.05) is 7.11 Å². The lowest BCUT2D eigenvalue weighted by Crippen LogP contribution is -2.37. The molecule has 1 aliphatic carbocycles. The van der Waals surface area contributed by atoms with Crippen LogP contribution in [0, 0.1) is 5.92 Å². The molecule has 0 amide bonds. The number of carbonyl (C=O) groups is 1. The van der Waals surface area contributed by atoms with Gasteiger partial charge >= 0.3 is 13.5 Å². The van der Waals surface area contributed by atoms with Crippen molar-refractivity contribution < 1.29 is 23.4 Å². The zero-order chi connectivity index (χ0) is 21.8. The van der Waals surface area contributed by atoms with Crippen LogP contribution in [0.5, 0.6) is 5.75 Å². The molecule has 0 radical (unpaired) electrons. The Hall–Kier alpha value is -1.36. The normalized spacial score (nSPS) is 18.4. The molecule has 1 fully saturated rings. The maximum absolute atomic E-state index is 13.6. The van der Waals surface area contributed by atoms with Crippen LogP contribution in [0.15, 0.2) is 18.2 Å². The predicted octanol–water partition coefficient (Wildman–Crippen LogP) is 5.43. The number of nitrogens with one attached hydrogen (secondary N) is 1. The highest BCUT2D eigenvalue weighted by molar-refractivity contribution is 7.57. The van der Waals surface area contributed by atoms with Gasteiger partial charge in [-0.15, -0.1) is 0 Å². The molecule has 1 aromatic rings. The van der Waals surface area contributed by atoms with Crippen molar-refractivity contribution >= 4 is 13.5 Å². The van der Waals surface area contributed by atoms with Gasteiger partial charge in [-0.2, -0.15) is 0 Å². The highest BCUT2D eigenvalue weighted by Crippen LogP contribution is 2.48. The van der Waals surface area contributed by atoms with Gasteiger partial charge in [-0.1, -0.05) is 45.9 Å². The first-order valence-electron chi connectivity index (χ1n) is 10.5. The second-order valence-corrected chi connectivity index (χ2v) is 10.6. The van der Waals surface area contributed by atoms with Crippen molar-refractivity contribution in [2.24, 2.45) is 5.92 Å². The fraction of sp³-hybridized carbons (Fsp3) is 0.682. The van der Waals surface area contributed by atoms with Crippen molar-refractivity contribution in [2.45, 2.75) is 78.4 Å². The van der Waals surface area contributed by atoms with Gasteiger partial charge in [0.1, 0.15) is 24.2 Å². The van der Waals surface area contributed by atoms with Crippen LogP contribution < -0.4 is 9.61 Å². The summed E-state index contributed by atoms with van der Waals surface area (Å²) in [5.41, 5.74) is 1.96. The van der Waals surface area contributed by atoms with Gasteiger partial charge in [-0.25, -0.2) is 5.09 Å². The summed E-state index contributed by atoms with van der Waals surface area (Å²) in [6, 6.07) is 5.19. The molecular weight excluding hydrogens is 389 g/mol. The van der Waals surface area contributed by atoms with Crippen molar-refractivity contribution in [3.05, 3.63) is 29.3 Å². The van der Waals surface area contributed by atoms with E-state index in [1.165, 1.54) is 7.11 Å². The SMILES string of the molecule is COCP(=O)(N[C@@H](C)C(=O)OC(C)C1CC1)Oc1c(C(C)C)cccc1C(C)C. The average Bonchev–Trinajstić information content (AvgIpc) is 3.46. The number of hydrogen-bond acceptors (Lipinski definition) is 5. The topological polar surface area (TPSA) is 73.9 Å². The maximum atomic E-state index is 13.6. The number of carbonyl (C=O) groups excluding carboxylic acids is 1. The monoisotopic (exact) mass is 425 g/mol. The van der Waals surface area contributed by atoms with Crippen LogP contribution in [0.4, 0.5) is 0 Å². The summed E-state index contributed by atoms with van der Waals surface area (Å²) in [5.74, 6) is 1.02. The maximum Gasteiger partial charge on any atom is 0.342 e. The Labute approximate surface area is 175 Å². The summed E-state index contributed by atoms with van der Waals surface area (Å²) in [4.78, 5) is 12.5. The molecule has 7 heteroatoms. The lowest BCUT2D eigenvalue weighted by atomic mass is 9.94. The molecule has 3 atom stereocenters. The lowest BCUT2D eigenvalue weighted by Gasteiger charge is -2.27. The van der Waals surface area contributed by atoms with Gasteiger partial charge in [0.2, 0.25) is 0 Å². The second-order valence-electron chi connectivity index (χ2n) is 8.59. The Morgan fingerprint density at radius 2 is 1.66 bits per heavy atom. The lowest BCUT2D eigenvalue weighted by molar-refractivity contribution is -0.150.